The summed E-state index contributed by atoms with van der Waals surface area (Å²) in [5, 5.41) is 13.9. The van der Waals surface area contributed by atoms with E-state index in [0.717, 1.165) is 21.3 Å². The number of nitro groups is 1. The number of rotatable bonds is 5. The van der Waals surface area contributed by atoms with Crippen molar-refractivity contribution in [2.24, 2.45) is 0 Å². The van der Waals surface area contributed by atoms with Crippen LogP contribution in [0.4, 0.5) is 10.8 Å². The monoisotopic (exact) mass is 417 g/mol. The molecule has 0 saturated heterocycles. The fraction of sp³-hybridized carbons (Fsp3) is 0.0588. The van der Waals surface area contributed by atoms with E-state index < -0.39 is 10.8 Å². The van der Waals surface area contributed by atoms with E-state index in [1.165, 1.54) is 35.6 Å². The lowest BCUT2D eigenvalue weighted by Gasteiger charge is -2.01. The largest absolute Gasteiger partial charge is 0.298 e. The van der Waals surface area contributed by atoms with E-state index in [2.05, 4.69) is 26.2 Å². The Labute approximate surface area is 155 Å². The van der Waals surface area contributed by atoms with Crippen LogP contribution in [0.2, 0.25) is 0 Å². The van der Waals surface area contributed by atoms with Gasteiger partial charge in [0.25, 0.3) is 11.6 Å². The molecule has 0 aliphatic carbocycles. The maximum absolute atomic E-state index is 12.2. The number of carbonyl (C=O) groups is 1. The first-order chi connectivity index (χ1) is 12.0. The molecule has 1 amide bonds. The summed E-state index contributed by atoms with van der Waals surface area (Å²) in [5.74, 6) is -0.423. The predicted molar refractivity (Wildman–Crippen MR) is 100 cm³/mol. The Morgan fingerprint density at radius 1 is 1.24 bits per heavy atom. The molecule has 0 fully saturated rings. The number of amides is 1. The topological polar surface area (TPSA) is 85.1 Å². The third kappa shape index (κ3) is 4.49. The van der Waals surface area contributed by atoms with Crippen LogP contribution in [0, 0.1) is 10.1 Å². The van der Waals surface area contributed by atoms with E-state index in [1.54, 1.807) is 6.20 Å². The van der Waals surface area contributed by atoms with Gasteiger partial charge < -0.3 is 0 Å². The zero-order valence-electron chi connectivity index (χ0n) is 12.8. The van der Waals surface area contributed by atoms with Gasteiger partial charge in [-0.1, -0.05) is 34.1 Å². The number of anilines is 1. The van der Waals surface area contributed by atoms with Crippen LogP contribution in [0.1, 0.15) is 20.8 Å². The minimum Gasteiger partial charge on any atom is -0.298 e. The molecule has 2 aromatic carbocycles. The molecule has 126 valence electrons. The Morgan fingerprint density at radius 3 is 2.72 bits per heavy atom. The minimum atomic E-state index is -0.531. The quantitative estimate of drug-likeness (QED) is 0.483. The van der Waals surface area contributed by atoms with Gasteiger partial charge in [0, 0.05) is 39.7 Å². The highest BCUT2D eigenvalue weighted by molar-refractivity contribution is 9.10. The van der Waals surface area contributed by atoms with Crippen molar-refractivity contribution in [2.75, 3.05) is 5.32 Å². The second kappa shape index (κ2) is 7.54. The van der Waals surface area contributed by atoms with Gasteiger partial charge in [0.05, 0.1) is 4.92 Å². The standard InChI is InChI=1S/C17H12BrN3O3S/c18-13-6-4-11(5-7-13)8-15-10-19-17(25-15)20-16(22)12-2-1-3-14(9-12)21(23)24/h1-7,9-10H,8H2,(H,19,20,22). The van der Waals surface area contributed by atoms with Gasteiger partial charge in [-0.25, -0.2) is 4.98 Å². The van der Waals surface area contributed by atoms with E-state index in [9.17, 15) is 14.9 Å². The van der Waals surface area contributed by atoms with Crippen LogP contribution in [-0.4, -0.2) is 15.8 Å². The molecule has 0 aliphatic heterocycles. The summed E-state index contributed by atoms with van der Waals surface area (Å²) < 4.78 is 1.02. The van der Waals surface area contributed by atoms with Crippen LogP contribution in [0.15, 0.2) is 59.2 Å². The fourth-order valence-electron chi connectivity index (χ4n) is 2.18. The highest BCUT2D eigenvalue weighted by Gasteiger charge is 2.13. The molecule has 1 aromatic heterocycles. The molecule has 0 bridgehead atoms. The van der Waals surface area contributed by atoms with Crippen LogP contribution in [0.25, 0.3) is 0 Å². The number of thiazole rings is 1. The first kappa shape index (κ1) is 17.2. The lowest BCUT2D eigenvalue weighted by Crippen LogP contribution is -2.11. The van der Waals surface area contributed by atoms with Gasteiger partial charge >= 0.3 is 0 Å². The number of hydrogen-bond donors (Lipinski definition) is 1. The molecule has 25 heavy (non-hydrogen) atoms. The fourth-order valence-corrected chi connectivity index (χ4v) is 3.29. The number of nitrogens with one attached hydrogen (secondary N) is 1. The smallest absolute Gasteiger partial charge is 0.270 e. The summed E-state index contributed by atoms with van der Waals surface area (Å²) >= 11 is 4.78. The Kier molecular flexibility index (Phi) is 5.20. The van der Waals surface area contributed by atoms with Gasteiger partial charge in [0.15, 0.2) is 5.13 Å². The zero-order chi connectivity index (χ0) is 17.8. The van der Waals surface area contributed by atoms with E-state index in [1.807, 2.05) is 24.3 Å². The van der Waals surface area contributed by atoms with Crippen molar-refractivity contribution in [3.63, 3.8) is 0 Å². The van der Waals surface area contributed by atoms with Crippen molar-refractivity contribution in [1.29, 1.82) is 0 Å². The predicted octanol–water partition coefficient (Wildman–Crippen LogP) is 4.66. The molecular formula is C17H12BrN3O3S. The second-order valence-electron chi connectivity index (χ2n) is 5.20. The number of benzene rings is 2. The lowest BCUT2D eigenvalue weighted by molar-refractivity contribution is -0.384. The zero-order valence-corrected chi connectivity index (χ0v) is 15.2. The molecule has 0 unspecified atom stereocenters. The Morgan fingerprint density at radius 2 is 2.00 bits per heavy atom. The number of halogens is 1. The molecule has 0 aliphatic rings. The van der Waals surface area contributed by atoms with Crippen molar-refractivity contribution < 1.29 is 9.72 Å². The normalized spacial score (nSPS) is 10.4. The van der Waals surface area contributed by atoms with E-state index in [-0.39, 0.29) is 11.3 Å². The summed E-state index contributed by atoms with van der Waals surface area (Å²) in [5.41, 5.74) is 1.24. The molecule has 3 aromatic rings. The molecule has 1 heterocycles. The number of aromatic nitrogens is 1. The summed E-state index contributed by atoms with van der Waals surface area (Å²) in [6.07, 6.45) is 2.44. The summed E-state index contributed by atoms with van der Waals surface area (Å²) in [6, 6.07) is 13.6. The van der Waals surface area contributed by atoms with Crippen LogP contribution in [-0.2, 0) is 6.42 Å². The maximum Gasteiger partial charge on any atom is 0.270 e. The summed E-state index contributed by atoms with van der Waals surface area (Å²) in [6.45, 7) is 0. The first-order valence-corrected chi connectivity index (χ1v) is 8.87. The van der Waals surface area contributed by atoms with E-state index >= 15 is 0 Å². The first-order valence-electron chi connectivity index (χ1n) is 7.26. The van der Waals surface area contributed by atoms with Crippen LogP contribution < -0.4 is 5.32 Å². The molecule has 0 spiro atoms. The van der Waals surface area contributed by atoms with Gasteiger partial charge in [-0.15, -0.1) is 11.3 Å². The van der Waals surface area contributed by atoms with Crippen LogP contribution >= 0.6 is 27.3 Å². The van der Waals surface area contributed by atoms with Crippen LogP contribution in [0.5, 0.6) is 0 Å². The Bertz CT molecular complexity index is 925. The SMILES string of the molecule is O=C(Nc1ncc(Cc2ccc(Br)cc2)s1)c1cccc([N+](=O)[O-])c1. The molecule has 8 heteroatoms. The molecule has 0 atom stereocenters. The lowest BCUT2D eigenvalue weighted by atomic mass is 10.1. The Balaban J connectivity index is 1.68. The third-order valence-electron chi connectivity index (χ3n) is 3.38. The highest BCUT2D eigenvalue weighted by atomic mass is 79.9. The average molecular weight is 418 g/mol. The molecule has 3 rings (SSSR count). The van der Waals surface area contributed by atoms with Gasteiger partial charge in [0.2, 0.25) is 0 Å². The van der Waals surface area contributed by atoms with Crippen molar-refractivity contribution in [3.05, 3.63) is 85.3 Å². The minimum absolute atomic E-state index is 0.122. The van der Waals surface area contributed by atoms with Crippen molar-refractivity contribution in [2.45, 2.75) is 6.42 Å². The van der Waals surface area contributed by atoms with Gasteiger partial charge in [-0.2, -0.15) is 0 Å². The molecule has 6 nitrogen and oxygen atoms in total. The number of hydrogen-bond acceptors (Lipinski definition) is 5. The second-order valence-corrected chi connectivity index (χ2v) is 7.23. The van der Waals surface area contributed by atoms with Crippen molar-refractivity contribution in [1.82, 2.24) is 4.98 Å². The number of non-ortho nitro benzene ring substituents is 1. The highest BCUT2D eigenvalue weighted by Crippen LogP contribution is 2.23. The molecular weight excluding hydrogens is 406 g/mol. The number of nitro benzene ring substituents is 1. The van der Waals surface area contributed by atoms with Gasteiger partial charge in [-0.3, -0.25) is 20.2 Å². The summed E-state index contributed by atoms with van der Waals surface area (Å²) in [4.78, 5) is 27.7. The van der Waals surface area contributed by atoms with Gasteiger partial charge in [-0.05, 0) is 23.8 Å². The van der Waals surface area contributed by atoms with Gasteiger partial charge in [0.1, 0.15) is 0 Å². The maximum atomic E-state index is 12.2. The van der Waals surface area contributed by atoms with E-state index in [0.29, 0.717) is 5.13 Å². The number of carbonyl (C=O) groups excluding carboxylic acids is 1. The Hall–Kier alpha value is -2.58. The molecule has 0 saturated carbocycles. The molecule has 0 radical (unpaired) electrons. The summed E-state index contributed by atoms with van der Waals surface area (Å²) in [7, 11) is 0. The third-order valence-corrected chi connectivity index (χ3v) is 4.83. The number of nitrogens with zero attached hydrogens (tertiary/aromatic N) is 2. The molecule has 1 N–H and O–H groups in total. The van der Waals surface area contributed by atoms with E-state index in [4.69, 9.17) is 0 Å². The average Bonchev–Trinajstić information content (AvgIpc) is 3.04. The van der Waals surface area contributed by atoms with Crippen molar-refractivity contribution >= 4 is 44.0 Å². The van der Waals surface area contributed by atoms with Crippen LogP contribution in [0.3, 0.4) is 0 Å². The van der Waals surface area contributed by atoms with Crippen molar-refractivity contribution in [3.8, 4) is 0 Å².